The number of aromatic carboxylic acids is 1. The molecule has 0 radical (unpaired) electrons. The first-order chi connectivity index (χ1) is 18.4. The van der Waals surface area contributed by atoms with Gasteiger partial charge in [0, 0.05) is 12.0 Å². The molecule has 0 unspecified atom stereocenters. The zero-order chi connectivity index (χ0) is 26.6. The zero-order valence-corrected chi connectivity index (χ0v) is 21.6. The first kappa shape index (κ1) is 25.2. The van der Waals surface area contributed by atoms with Gasteiger partial charge in [0.05, 0.1) is 23.0 Å². The molecule has 6 heteroatoms. The fraction of sp³-hybridized carbons (Fsp3) is 0.219. The van der Waals surface area contributed by atoms with E-state index >= 15 is 0 Å². The smallest absolute Gasteiger partial charge is 0.336 e. The van der Waals surface area contributed by atoms with Crippen LogP contribution in [-0.4, -0.2) is 20.6 Å². The van der Waals surface area contributed by atoms with Crippen molar-refractivity contribution < 1.29 is 14.6 Å². The van der Waals surface area contributed by atoms with E-state index in [4.69, 9.17) is 9.72 Å². The Morgan fingerprint density at radius 1 is 0.974 bits per heavy atom. The lowest BCUT2D eigenvalue weighted by molar-refractivity contribution is 0.0694. The summed E-state index contributed by atoms with van der Waals surface area (Å²) in [5.41, 5.74) is 3.58. The van der Waals surface area contributed by atoms with Crippen molar-refractivity contribution in [2.75, 3.05) is 0 Å². The van der Waals surface area contributed by atoms with Gasteiger partial charge in [-0.15, -0.1) is 0 Å². The summed E-state index contributed by atoms with van der Waals surface area (Å²) in [6.07, 6.45) is 2.73. The van der Waals surface area contributed by atoms with Crippen LogP contribution in [0.1, 0.15) is 52.6 Å². The van der Waals surface area contributed by atoms with Crippen LogP contribution >= 0.6 is 0 Å². The van der Waals surface area contributed by atoms with Gasteiger partial charge in [-0.25, -0.2) is 9.78 Å². The molecule has 0 saturated heterocycles. The number of unbranched alkanes of at least 4 members (excludes halogenated alkanes) is 1. The molecule has 38 heavy (non-hydrogen) atoms. The Hall–Kier alpha value is -4.45. The van der Waals surface area contributed by atoms with E-state index < -0.39 is 5.97 Å². The predicted octanol–water partition coefficient (Wildman–Crippen LogP) is 6.53. The molecule has 0 spiro atoms. The van der Waals surface area contributed by atoms with Crippen molar-refractivity contribution in [3.8, 4) is 5.75 Å². The minimum atomic E-state index is -0.979. The molecule has 1 heterocycles. The average Bonchev–Trinajstić information content (AvgIpc) is 2.93. The number of fused-ring (bicyclic) bond motifs is 2. The highest BCUT2D eigenvalue weighted by molar-refractivity contribution is 5.97. The van der Waals surface area contributed by atoms with Crippen LogP contribution in [0.2, 0.25) is 0 Å². The normalized spacial score (nSPS) is 11.2. The Bertz CT molecular complexity index is 1690. The number of aryl methyl sites for hydroxylation is 2. The molecule has 6 nitrogen and oxygen atoms in total. The summed E-state index contributed by atoms with van der Waals surface area (Å²) in [5.74, 6) is 0.447. The van der Waals surface area contributed by atoms with Crippen LogP contribution in [-0.2, 0) is 19.6 Å². The second-order valence-electron chi connectivity index (χ2n) is 9.59. The van der Waals surface area contributed by atoms with Crippen LogP contribution in [0, 0.1) is 6.92 Å². The van der Waals surface area contributed by atoms with E-state index in [0.29, 0.717) is 23.2 Å². The topological polar surface area (TPSA) is 81.4 Å². The highest BCUT2D eigenvalue weighted by atomic mass is 16.5. The van der Waals surface area contributed by atoms with Crippen molar-refractivity contribution in [3.05, 3.63) is 117 Å². The number of rotatable bonds is 9. The molecule has 0 aliphatic carbocycles. The molecule has 0 fully saturated rings. The van der Waals surface area contributed by atoms with Gasteiger partial charge in [-0.05, 0) is 60.0 Å². The maximum Gasteiger partial charge on any atom is 0.336 e. The summed E-state index contributed by atoms with van der Waals surface area (Å²) in [6.45, 7) is 4.66. The molecule has 5 aromatic rings. The molecule has 0 aliphatic rings. The minimum Gasteiger partial charge on any atom is -0.489 e. The van der Waals surface area contributed by atoms with Gasteiger partial charge in [0.15, 0.2) is 0 Å². The van der Waals surface area contributed by atoms with E-state index in [9.17, 15) is 14.7 Å². The van der Waals surface area contributed by atoms with Gasteiger partial charge in [0.25, 0.3) is 5.56 Å². The summed E-state index contributed by atoms with van der Waals surface area (Å²) in [5, 5.41) is 12.2. The molecular weight excluding hydrogens is 476 g/mol. The van der Waals surface area contributed by atoms with E-state index in [0.717, 1.165) is 52.5 Å². The van der Waals surface area contributed by atoms with Crippen molar-refractivity contribution in [2.45, 2.75) is 46.3 Å². The highest BCUT2D eigenvalue weighted by Gasteiger charge is 2.15. The third-order valence-electron chi connectivity index (χ3n) is 6.86. The molecule has 0 amide bonds. The number of ether oxygens (including phenoxy) is 1. The molecule has 0 saturated carbocycles. The summed E-state index contributed by atoms with van der Waals surface area (Å²) < 4.78 is 7.80. The first-order valence-corrected chi connectivity index (χ1v) is 12.9. The van der Waals surface area contributed by atoms with Crippen LogP contribution in [0.3, 0.4) is 0 Å². The second kappa shape index (κ2) is 10.9. The van der Waals surface area contributed by atoms with Crippen molar-refractivity contribution in [1.29, 1.82) is 0 Å². The summed E-state index contributed by atoms with van der Waals surface area (Å²) in [4.78, 5) is 30.1. The Labute approximate surface area is 221 Å². The number of benzene rings is 4. The Morgan fingerprint density at radius 3 is 2.53 bits per heavy atom. The fourth-order valence-electron chi connectivity index (χ4n) is 4.79. The van der Waals surface area contributed by atoms with Gasteiger partial charge in [-0.1, -0.05) is 67.4 Å². The van der Waals surface area contributed by atoms with Crippen LogP contribution in [0.15, 0.2) is 83.7 Å². The molecule has 192 valence electrons. The summed E-state index contributed by atoms with van der Waals surface area (Å²) in [6, 6.07) is 24.5. The lowest BCUT2D eigenvalue weighted by Crippen LogP contribution is -2.26. The highest BCUT2D eigenvalue weighted by Crippen LogP contribution is 2.25. The van der Waals surface area contributed by atoms with Crippen LogP contribution in [0.25, 0.3) is 21.7 Å². The van der Waals surface area contributed by atoms with E-state index in [1.165, 1.54) is 0 Å². The van der Waals surface area contributed by atoms with E-state index in [1.54, 1.807) is 10.6 Å². The van der Waals surface area contributed by atoms with Crippen molar-refractivity contribution >= 4 is 27.6 Å². The maximum atomic E-state index is 13.4. The monoisotopic (exact) mass is 506 g/mol. The predicted molar refractivity (Wildman–Crippen MR) is 150 cm³/mol. The van der Waals surface area contributed by atoms with Gasteiger partial charge in [-0.3, -0.25) is 9.36 Å². The number of hydrogen-bond acceptors (Lipinski definition) is 4. The number of carbonyl (C=O) groups is 1. The SMILES string of the molecule is CCCCc1nc2ccc(C)cc2c(=O)n1Cc1ccc(OCc2c(C(=O)O)ccc3ccccc23)cc1. The summed E-state index contributed by atoms with van der Waals surface area (Å²) >= 11 is 0. The fourth-order valence-corrected chi connectivity index (χ4v) is 4.79. The Kier molecular flexibility index (Phi) is 7.22. The van der Waals surface area contributed by atoms with E-state index in [1.807, 2.05) is 79.7 Å². The number of hydrogen-bond donors (Lipinski definition) is 1. The first-order valence-electron chi connectivity index (χ1n) is 12.9. The van der Waals surface area contributed by atoms with Crippen molar-refractivity contribution in [3.63, 3.8) is 0 Å². The molecule has 4 aromatic carbocycles. The molecule has 0 bridgehead atoms. The minimum absolute atomic E-state index is 0.0257. The molecule has 0 aliphatic heterocycles. The second-order valence-corrected chi connectivity index (χ2v) is 9.59. The Morgan fingerprint density at radius 2 is 1.76 bits per heavy atom. The molecule has 1 aromatic heterocycles. The molecule has 0 atom stereocenters. The van der Waals surface area contributed by atoms with Gasteiger partial charge in [0.1, 0.15) is 18.2 Å². The molecule has 5 rings (SSSR count). The lowest BCUT2D eigenvalue weighted by atomic mass is 9.99. The van der Waals surface area contributed by atoms with E-state index in [-0.39, 0.29) is 17.7 Å². The van der Waals surface area contributed by atoms with Gasteiger partial charge in [-0.2, -0.15) is 0 Å². The Balaban J connectivity index is 1.40. The van der Waals surface area contributed by atoms with Crippen LogP contribution in [0.5, 0.6) is 5.75 Å². The van der Waals surface area contributed by atoms with Crippen molar-refractivity contribution in [2.24, 2.45) is 0 Å². The van der Waals surface area contributed by atoms with Crippen LogP contribution in [0.4, 0.5) is 0 Å². The third kappa shape index (κ3) is 5.16. The quantitative estimate of drug-likeness (QED) is 0.246. The number of carboxylic acids is 1. The van der Waals surface area contributed by atoms with Crippen LogP contribution < -0.4 is 10.3 Å². The zero-order valence-electron chi connectivity index (χ0n) is 21.6. The standard InChI is InChI=1S/C32H30N2O4/c1-3-4-9-30-33-29-17-10-21(2)18-27(29)31(35)34(30)19-22-11-14-24(15-12-22)38-20-28-25-8-6-5-7-23(25)13-16-26(28)32(36)37/h5-8,10-18H,3-4,9,19-20H2,1-2H3,(H,36,37). The van der Waals surface area contributed by atoms with Gasteiger partial charge < -0.3 is 9.84 Å². The lowest BCUT2D eigenvalue weighted by Gasteiger charge is -2.15. The molecular formula is C32H30N2O4. The van der Waals surface area contributed by atoms with Gasteiger partial charge in [0.2, 0.25) is 0 Å². The van der Waals surface area contributed by atoms with Crippen molar-refractivity contribution in [1.82, 2.24) is 9.55 Å². The van der Waals surface area contributed by atoms with Gasteiger partial charge >= 0.3 is 5.97 Å². The number of nitrogens with zero attached hydrogens (tertiary/aromatic N) is 2. The maximum absolute atomic E-state index is 13.4. The third-order valence-corrected chi connectivity index (χ3v) is 6.86. The largest absolute Gasteiger partial charge is 0.489 e. The van der Waals surface area contributed by atoms with E-state index in [2.05, 4.69) is 6.92 Å². The average molecular weight is 507 g/mol. The number of carboxylic acid groups (broad SMARTS) is 1. The summed E-state index contributed by atoms with van der Waals surface area (Å²) in [7, 11) is 0. The molecule has 1 N–H and O–H groups in total. The number of aromatic nitrogens is 2.